The van der Waals surface area contributed by atoms with Crippen LogP contribution in [-0.2, 0) is 0 Å². The topological polar surface area (TPSA) is 6.48 Å². The zero-order chi connectivity index (χ0) is 21.1. The second-order valence-electron chi connectivity index (χ2n) is 8.95. The van der Waals surface area contributed by atoms with Crippen LogP contribution in [0.3, 0.4) is 0 Å². The Morgan fingerprint density at radius 1 is 0.469 bits per heavy atom. The van der Waals surface area contributed by atoms with Crippen LogP contribution in [0.5, 0.6) is 0 Å². The standard InChI is InChI=1S/C30H24N2/c1-5-16-27-23(12-1)24-13-2-6-17-28(24)31(27)21-10-9-11-22(20-21)32-29-18-7-3-14-25(29)26-15-4-8-19-30(26)32/h1-20,23,25,27,29H. The van der Waals surface area contributed by atoms with Crippen molar-refractivity contribution in [3.8, 4) is 0 Å². The SMILES string of the molecule is C1=CC2c3ccccc3N(c3cccc(N4c5ccccc5C5C=CC=CC54)c3)C2C=C1. The van der Waals surface area contributed by atoms with Gasteiger partial charge in [0, 0.05) is 34.6 Å². The number of allylic oxidation sites excluding steroid dienone is 4. The van der Waals surface area contributed by atoms with E-state index in [1.54, 1.807) is 0 Å². The molecule has 0 saturated carbocycles. The predicted octanol–water partition coefficient (Wildman–Crippen LogP) is 7.15. The smallest absolute Gasteiger partial charge is 0.0629 e. The van der Waals surface area contributed by atoms with E-state index in [-0.39, 0.29) is 0 Å². The first-order valence-corrected chi connectivity index (χ1v) is 11.5. The fraction of sp³-hybridized carbons (Fsp3) is 0.133. The molecular weight excluding hydrogens is 388 g/mol. The maximum Gasteiger partial charge on any atom is 0.0629 e. The van der Waals surface area contributed by atoms with Gasteiger partial charge in [0.15, 0.2) is 0 Å². The highest BCUT2D eigenvalue weighted by Crippen LogP contribution is 2.50. The Hall–Kier alpha value is -3.78. The van der Waals surface area contributed by atoms with Gasteiger partial charge in [0.1, 0.15) is 0 Å². The van der Waals surface area contributed by atoms with E-state index in [0.29, 0.717) is 23.9 Å². The number of hydrogen-bond donors (Lipinski definition) is 0. The Bertz CT molecular complexity index is 1230. The number of hydrogen-bond acceptors (Lipinski definition) is 2. The number of fused-ring (bicyclic) bond motifs is 6. The molecular formula is C30H24N2. The number of nitrogens with zero attached hydrogens (tertiary/aromatic N) is 2. The lowest BCUT2D eigenvalue weighted by Gasteiger charge is -2.32. The van der Waals surface area contributed by atoms with Crippen molar-refractivity contribution in [2.45, 2.75) is 23.9 Å². The third-order valence-electron chi connectivity index (χ3n) is 7.30. The fourth-order valence-corrected chi connectivity index (χ4v) is 5.97. The summed E-state index contributed by atoms with van der Waals surface area (Å²) < 4.78 is 0. The van der Waals surface area contributed by atoms with Crippen molar-refractivity contribution in [2.75, 3.05) is 9.80 Å². The summed E-state index contributed by atoms with van der Waals surface area (Å²) in [5, 5.41) is 0. The molecule has 4 atom stereocenters. The molecule has 2 aliphatic carbocycles. The molecule has 0 amide bonds. The first-order valence-electron chi connectivity index (χ1n) is 11.5. The predicted molar refractivity (Wildman–Crippen MR) is 133 cm³/mol. The Labute approximate surface area is 189 Å². The van der Waals surface area contributed by atoms with Crippen LogP contribution < -0.4 is 9.80 Å². The molecule has 2 nitrogen and oxygen atoms in total. The lowest BCUT2D eigenvalue weighted by atomic mass is 9.91. The molecule has 3 aromatic carbocycles. The second-order valence-corrected chi connectivity index (χ2v) is 8.95. The van der Waals surface area contributed by atoms with E-state index < -0.39 is 0 Å². The molecule has 4 aliphatic rings. The van der Waals surface area contributed by atoms with Gasteiger partial charge in [-0.15, -0.1) is 0 Å². The van der Waals surface area contributed by atoms with Gasteiger partial charge in [-0.3, -0.25) is 0 Å². The number of anilines is 4. The van der Waals surface area contributed by atoms with Gasteiger partial charge in [0.25, 0.3) is 0 Å². The molecule has 7 rings (SSSR count). The Balaban J connectivity index is 1.35. The first kappa shape index (κ1) is 17.9. The molecule has 154 valence electrons. The Morgan fingerprint density at radius 3 is 1.47 bits per heavy atom. The highest BCUT2D eigenvalue weighted by molar-refractivity contribution is 5.81. The van der Waals surface area contributed by atoms with E-state index >= 15 is 0 Å². The van der Waals surface area contributed by atoms with Crippen molar-refractivity contribution in [1.82, 2.24) is 0 Å². The van der Waals surface area contributed by atoms with E-state index in [1.165, 1.54) is 33.9 Å². The minimum Gasteiger partial charge on any atom is -0.333 e. The number of benzene rings is 3. The molecule has 4 unspecified atom stereocenters. The van der Waals surface area contributed by atoms with Crippen molar-refractivity contribution < 1.29 is 0 Å². The lowest BCUT2D eigenvalue weighted by Crippen LogP contribution is -2.30. The molecule has 2 heteroatoms. The summed E-state index contributed by atoms with van der Waals surface area (Å²) >= 11 is 0. The molecule has 0 spiro atoms. The molecule has 0 radical (unpaired) electrons. The summed E-state index contributed by atoms with van der Waals surface area (Å²) in [7, 11) is 0. The van der Waals surface area contributed by atoms with Crippen LogP contribution in [-0.4, -0.2) is 12.1 Å². The molecule has 0 fully saturated rings. The summed E-state index contributed by atoms with van der Waals surface area (Å²) in [4.78, 5) is 5.03. The summed E-state index contributed by atoms with van der Waals surface area (Å²) in [5.74, 6) is 0.811. The lowest BCUT2D eigenvalue weighted by molar-refractivity contribution is 0.739. The zero-order valence-corrected chi connectivity index (χ0v) is 17.8. The molecule has 2 heterocycles. The van der Waals surface area contributed by atoms with Gasteiger partial charge in [0.2, 0.25) is 0 Å². The third-order valence-corrected chi connectivity index (χ3v) is 7.30. The van der Waals surface area contributed by atoms with Crippen molar-refractivity contribution in [3.63, 3.8) is 0 Å². The third kappa shape index (κ3) is 2.47. The average molecular weight is 413 g/mol. The molecule has 0 N–H and O–H groups in total. The Kier molecular flexibility index (Phi) is 3.83. The van der Waals surface area contributed by atoms with Crippen molar-refractivity contribution >= 4 is 22.7 Å². The van der Waals surface area contributed by atoms with E-state index in [1.807, 2.05) is 0 Å². The molecule has 0 saturated heterocycles. The number of para-hydroxylation sites is 2. The summed E-state index contributed by atoms with van der Waals surface area (Å²) in [5.41, 5.74) is 7.95. The van der Waals surface area contributed by atoms with Crippen molar-refractivity contribution in [2.24, 2.45) is 0 Å². The van der Waals surface area contributed by atoms with Gasteiger partial charge in [-0.05, 0) is 41.5 Å². The largest absolute Gasteiger partial charge is 0.333 e. The van der Waals surface area contributed by atoms with E-state index in [2.05, 4.69) is 131 Å². The van der Waals surface area contributed by atoms with E-state index in [9.17, 15) is 0 Å². The fourth-order valence-electron chi connectivity index (χ4n) is 5.97. The minimum absolute atomic E-state index is 0.323. The average Bonchev–Trinajstić information content (AvgIpc) is 3.37. The maximum absolute atomic E-state index is 2.51. The highest BCUT2D eigenvalue weighted by atomic mass is 15.2. The van der Waals surface area contributed by atoms with Gasteiger partial charge in [-0.25, -0.2) is 0 Å². The second kappa shape index (κ2) is 6.86. The van der Waals surface area contributed by atoms with Gasteiger partial charge in [0.05, 0.1) is 12.1 Å². The summed E-state index contributed by atoms with van der Waals surface area (Å²) in [6, 6.07) is 27.4. The zero-order valence-electron chi connectivity index (χ0n) is 17.8. The quantitative estimate of drug-likeness (QED) is 0.441. The van der Waals surface area contributed by atoms with E-state index in [4.69, 9.17) is 0 Å². The minimum atomic E-state index is 0.323. The van der Waals surface area contributed by atoms with Crippen LogP contribution in [0.15, 0.2) is 121 Å². The van der Waals surface area contributed by atoms with Crippen LogP contribution >= 0.6 is 0 Å². The molecule has 2 aliphatic heterocycles. The summed E-state index contributed by atoms with van der Waals surface area (Å²) in [6.07, 6.45) is 18.1. The molecule has 32 heavy (non-hydrogen) atoms. The first-order chi connectivity index (χ1) is 15.9. The van der Waals surface area contributed by atoms with Gasteiger partial charge < -0.3 is 9.80 Å². The van der Waals surface area contributed by atoms with Crippen LogP contribution in [0.1, 0.15) is 23.0 Å². The van der Waals surface area contributed by atoms with Gasteiger partial charge >= 0.3 is 0 Å². The molecule has 0 bridgehead atoms. The van der Waals surface area contributed by atoms with Crippen molar-refractivity contribution in [1.29, 1.82) is 0 Å². The van der Waals surface area contributed by atoms with Crippen molar-refractivity contribution in [3.05, 3.63) is 133 Å². The van der Waals surface area contributed by atoms with Gasteiger partial charge in [-0.1, -0.05) is 91.1 Å². The van der Waals surface area contributed by atoms with Crippen LogP contribution in [0.2, 0.25) is 0 Å². The molecule has 3 aromatic rings. The highest BCUT2D eigenvalue weighted by Gasteiger charge is 2.39. The van der Waals surface area contributed by atoms with Crippen LogP contribution in [0.4, 0.5) is 22.7 Å². The monoisotopic (exact) mass is 412 g/mol. The maximum atomic E-state index is 2.51. The normalized spacial score (nSPS) is 26.1. The van der Waals surface area contributed by atoms with Crippen LogP contribution in [0.25, 0.3) is 0 Å². The molecule has 0 aromatic heterocycles. The number of rotatable bonds is 2. The summed E-state index contributed by atoms with van der Waals surface area (Å²) in [6.45, 7) is 0. The Morgan fingerprint density at radius 2 is 0.938 bits per heavy atom. The van der Waals surface area contributed by atoms with Gasteiger partial charge in [-0.2, -0.15) is 0 Å². The van der Waals surface area contributed by atoms with E-state index in [0.717, 1.165) is 0 Å². The van der Waals surface area contributed by atoms with Crippen LogP contribution in [0, 0.1) is 0 Å².